The van der Waals surface area contributed by atoms with Gasteiger partial charge in [0.15, 0.2) is 0 Å². The molecular weight excluding hydrogens is 508 g/mol. The molecule has 38 heavy (non-hydrogen) atoms. The van der Waals surface area contributed by atoms with Crippen LogP contribution in [-0.4, -0.2) is 66.4 Å². The molecule has 11 heteroatoms. The van der Waals surface area contributed by atoms with Crippen LogP contribution < -0.4 is 25.4 Å². The number of nitrogens with zero attached hydrogens (tertiary/aromatic N) is 3. The van der Waals surface area contributed by atoms with E-state index < -0.39 is 0 Å². The molecule has 2 atom stereocenters. The van der Waals surface area contributed by atoms with Crippen LogP contribution in [-0.2, 0) is 16.1 Å². The number of halogens is 1. The summed E-state index contributed by atoms with van der Waals surface area (Å²) in [6.45, 7) is 6.83. The van der Waals surface area contributed by atoms with Crippen LogP contribution in [0.2, 0.25) is 5.02 Å². The molecule has 2 fully saturated rings. The summed E-state index contributed by atoms with van der Waals surface area (Å²) in [6, 6.07) is 3.79. The van der Waals surface area contributed by atoms with Gasteiger partial charge in [0.25, 0.3) is 0 Å². The highest BCUT2D eigenvalue weighted by Gasteiger charge is 2.30. The van der Waals surface area contributed by atoms with Crippen molar-refractivity contribution in [3.8, 4) is 22.8 Å². The summed E-state index contributed by atoms with van der Waals surface area (Å²) in [5, 5.41) is 11.0. The van der Waals surface area contributed by atoms with Crippen molar-refractivity contribution in [2.45, 2.75) is 44.4 Å². The quantitative estimate of drug-likeness (QED) is 0.333. The van der Waals surface area contributed by atoms with Gasteiger partial charge in [0.1, 0.15) is 11.5 Å². The molecule has 3 N–H and O–H groups in total. The number of amides is 1. The predicted octanol–water partition coefficient (Wildman–Crippen LogP) is 3.40. The molecule has 2 aromatic heterocycles. The number of rotatable bonds is 10. The van der Waals surface area contributed by atoms with Gasteiger partial charge < -0.3 is 30.2 Å². The van der Waals surface area contributed by atoms with E-state index in [-0.39, 0.29) is 18.0 Å². The van der Waals surface area contributed by atoms with E-state index in [1.54, 1.807) is 26.5 Å². The first kappa shape index (κ1) is 26.1. The molecule has 1 amide bonds. The number of anilines is 1. The smallest absolute Gasteiger partial charge is 0.243 e. The SMILES string of the molecule is C=CC(=O)N[C@H]1COC[C@H]1Nc1ncc2cc(-c3c(C)c(OC)cc(OC)c3Cl)nc(CNC3CC3)c2n1. The second kappa shape index (κ2) is 11.1. The normalized spacial score (nSPS) is 18.8. The fraction of sp³-hybridized carbons (Fsp3) is 0.407. The topological polar surface area (TPSA) is 120 Å². The Morgan fingerprint density at radius 1 is 1.18 bits per heavy atom. The highest BCUT2D eigenvalue weighted by Crippen LogP contribution is 2.43. The van der Waals surface area contributed by atoms with Crippen LogP contribution in [0.3, 0.4) is 0 Å². The number of ether oxygens (including phenoxy) is 3. The number of benzene rings is 1. The van der Waals surface area contributed by atoms with Gasteiger partial charge in [0, 0.05) is 41.4 Å². The maximum absolute atomic E-state index is 11.8. The molecule has 3 heterocycles. The van der Waals surface area contributed by atoms with Gasteiger partial charge in [0.05, 0.1) is 61.4 Å². The lowest BCUT2D eigenvalue weighted by Gasteiger charge is -2.20. The van der Waals surface area contributed by atoms with Gasteiger partial charge in [-0.2, -0.15) is 0 Å². The number of aromatic nitrogens is 3. The summed E-state index contributed by atoms with van der Waals surface area (Å²) in [5.74, 6) is 1.36. The first-order valence-electron chi connectivity index (χ1n) is 12.5. The monoisotopic (exact) mass is 538 g/mol. The van der Waals surface area contributed by atoms with Gasteiger partial charge in [-0.15, -0.1) is 0 Å². The molecule has 1 saturated carbocycles. The number of nitrogens with one attached hydrogen (secondary N) is 3. The van der Waals surface area contributed by atoms with Crippen molar-refractivity contribution in [1.82, 2.24) is 25.6 Å². The molecule has 5 rings (SSSR count). The lowest BCUT2D eigenvalue weighted by Crippen LogP contribution is -2.45. The van der Waals surface area contributed by atoms with E-state index in [0.717, 1.165) is 40.6 Å². The van der Waals surface area contributed by atoms with Gasteiger partial charge in [-0.05, 0) is 31.9 Å². The zero-order valence-corrected chi connectivity index (χ0v) is 22.4. The van der Waals surface area contributed by atoms with Crippen LogP contribution in [0.5, 0.6) is 11.5 Å². The fourth-order valence-electron chi connectivity index (χ4n) is 4.57. The Balaban J connectivity index is 1.54. The summed E-state index contributed by atoms with van der Waals surface area (Å²) in [6.07, 6.45) is 5.31. The minimum absolute atomic E-state index is 0.178. The molecule has 0 radical (unpaired) electrons. The predicted molar refractivity (Wildman–Crippen MR) is 146 cm³/mol. The third kappa shape index (κ3) is 5.38. The maximum atomic E-state index is 11.8. The second-order valence-electron chi connectivity index (χ2n) is 9.44. The van der Waals surface area contributed by atoms with Gasteiger partial charge in [-0.1, -0.05) is 18.2 Å². The Morgan fingerprint density at radius 3 is 2.66 bits per heavy atom. The van der Waals surface area contributed by atoms with E-state index in [2.05, 4.69) is 27.5 Å². The summed E-state index contributed by atoms with van der Waals surface area (Å²) in [5.41, 5.74) is 3.80. The minimum atomic E-state index is -0.250. The molecular formula is C27H31ClN6O4. The minimum Gasteiger partial charge on any atom is -0.496 e. The molecule has 1 aromatic carbocycles. The maximum Gasteiger partial charge on any atom is 0.243 e. The van der Waals surface area contributed by atoms with Gasteiger partial charge in [-0.25, -0.2) is 15.0 Å². The van der Waals surface area contributed by atoms with Crippen LogP contribution in [0.1, 0.15) is 24.1 Å². The Morgan fingerprint density at radius 2 is 1.95 bits per heavy atom. The number of pyridine rings is 1. The molecule has 0 bridgehead atoms. The zero-order valence-electron chi connectivity index (χ0n) is 21.6. The Labute approximate surface area is 226 Å². The molecule has 0 spiro atoms. The summed E-state index contributed by atoms with van der Waals surface area (Å²) in [7, 11) is 3.19. The summed E-state index contributed by atoms with van der Waals surface area (Å²) >= 11 is 6.77. The van der Waals surface area contributed by atoms with Crippen molar-refractivity contribution in [1.29, 1.82) is 0 Å². The van der Waals surface area contributed by atoms with Crippen LogP contribution in [0.4, 0.5) is 5.95 Å². The number of carbonyl (C=O) groups is 1. The first-order chi connectivity index (χ1) is 18.4. The molecule has 3 aromatic rings. The molecule has 1 saturated heterocycles. The summed E-state index contributed by atoms with van der Waals surface area (Å²) in [4.78, 5) is 26.2. The van der Waals surface area contributed by atoms with E-state index in [1.165, 1.54) is 6.08 Å². The van der Waals surface area contributed by atoms with Gasteiger partial charge >= 0.3 is 0 Å². The van der Waals surface area contributed by atoms with Crippen LogP contribution in [0, 0.1) is 6.92 Å². The van der Waals surface area contributed by atoms with Crippen molar-refractivity contribution in [2.24, 2.45) is 0 Å². The highest BCUT2D eigenvalue weighted by molar-refractivity contribution is 6.35. The van der Waals surface area contributed by atoms with Crippen molar-refractivity contribution in [2.75, 3.05) is 32.8 Å². The third-order valence-corrected chi connectivity index (χ3v) is 7.20. The highest BCUT2D eigenvalue weighted by atomic mass is 35.5. The number of methoxy groups -OCH3 is 2. The van der Waals surface area contributed by atoms with Gasteiger partial charge in [0.2, 0.25) is 11.9 Å². The molecule has 2 aliphatic rings. The van der Waals surface area contributed by atoms with E-state index in [1.807, 2.05) is 13.0 Å². The van der Waals surface area contributed by atoms with Crippen LogP contribution in [0.25, 0.3) is 22.2 Å². The Hall–Kier alpha value is -3.47. The lowest BCUT2D eigenvalue weighted by molar-refractivity contribution is -0.117. The fourth-order valence-corrected chi connectivity index (χ4v) is 4.94. The average molecular weight is 539 g/mol. The van der Waals surface area contributed by atoms with Gasteiger partial charge in [-0.3, -0.25) is 4.79 Å². The average Bonchev–Trinajstić information content (AvgIpc) is 3.66. The molecule has 1 aliphatic heterocycles. The molecule has 0 unspecified atom stereocenters. The molecule has 10 nitrogen and oxygen atoms in total. The molecule has 200 valence electrons. The van der Waals surface area contributed by atoms with Crippen molar-refractivity contribution < 1.29 is 19.0 Å². The zero-order chi connectivity index (χ0) is 26.8. The van der Waals surface area contributed by atoms with E-state index in [9.17, 15) is 4.79 Å². The van der Waals surface area contributed by atoms with E-state index in [0.29, 0.717) is 54.0 Å². The second-order valence-corrected chi connectivity index (χ2v) is 9.82. The number of carbonyl (C=O) groups excluding carboxylic acids is 1. The van der Waals surface area contributed by atoms with Crippen LogP contribution >= 0.6 is 11.6 Å². The van der Waals surface area contributed by atoms with E-state index >= 15 is 0 Å². The first-order valence-corrected chi connectivity index (χ1v) is 12.9. The Bertz CT molecular complexity index is 1350. The largest absolute Gasteiger partial charge is 0.496 e. The van der Waals surface area contributed by atoms with Crippen molar-refractivity contribution in [3.05, 3.63) is 47.3 Å². The third-order valence-electron chi connectivity index (χ3n) is 6.82. The number of fused-ring (bicyclic) bond motifs is 1. The molecule has 1 aliphatic carbocycles. The van der Waals surface area contributed by atoms with E-state index in [4.69, 9.17) is 35.8 Å². The van der Waals surface area contributed by atoms with Crippen LogP contribution in [0.15, 0.2) is 31.0 Å². The Kier molecular flexibility index (Phi) is 7.64. The lowest BCUT2D eigenvalue weighted by atomic mass is 10.0. The standard InChI is InChI=1S/C27H31ClN6O4/c1-5-23(35)32-19-12-38-13-20(19)33-27-30-10-15-8-17(31-18(26(15)34-27)11-29-16-6-7-16)24-14(2)21(36-3)9-22(37-4)25(24)28/h5,8-10,16,19-20,29H,1,6-7,11-13H2,2-4H3,(H,32,35)(H,30,33,34)/t19-,20+/m0/s1. The summed E-state index contributed by atoms with van der Waals surface area (Å²) < 4.78 is 16.6. The number of hydrogen-bond donors (Lipinski definition) is 3. The number of hydrogen-bond acceptors (Lipinski definition) is 9. The van der Waals surface area contributed by atoms with Crippen molar-refractivity contribution >= 4 is 34.4 Å². The van der Waals surface area contributed by atoms with Crippen molar-refractivity contribution in [3.63, 3.8) is 0 Å².